The Morgan fingerprint density at radius 3 is 2.68 bits per heavy atom. The van der Waals surface area contributed by atoms with Crippen molar-refractivity contribution >= 4 is 22.9 Å². The van der Waals surface area contributed by atoms with E-state index in [0.29, 0.717) is 16.2 Å². The number of amides is 1. The average Bonchev–Trinajstić information content (AvgIpc) is 3.19. The number of halogens is 4. The van der Waals surface area contributed by atoms with E-state index in [1.807, 2.05) is 0 Å². The van der Waals surface area contributed by atoms with Crippen molar-refractivity contribution in [1.82, 2.24) is 14.4 Å². The van der Waals surface area contributed by atoms with Gasteiger partial charge in [-0.3, -0.25) is 9.20 Å². The molecule has 0 bridgehead atoms. The molecule has 0 aliphatic heterocycles. The van der Waals surface area contributed by atoms with E-state index in [0.717, 1.165) is 12.1 Å². The third-order valence-corrected chi connectivity index (χ3v) is 5.14. The van der Waals surface area contributed by atoms with Crippen molar-refractivity contribution in [3.8, 4) is 11.3 Å². The molecular weight excluding hydrogens is 454 g/mol. The van der Waals surface area contributed by atoms with Crippen molar-refractivity contribution in [3.63, 3.8) is 0 Å². The van der Waals surface area contributed by atoms with Crippen LogP contribution in [0, 0.1) is 19.6 Å². The summed E-state index contributed by atoms with van der Waals surface area (Å²) < 4.78 is 78.1. The summed E-state index contributed by atoms with van der Waals surface area (Å²) in [6, 6.07) is 9.13. The zero-order valence-electron chi connectivity index (χ0n) is 20.5. The number of alkyl halides is 3. The molecule has 0 radical (unpaired) electrons. The Hall–Kier alpha value is -3.99. The molecule has 0 spiro atoms. The molecule has 0 saturated heterocycles. The molecule has 2 heterocycles. The number of aromatic nitrogens is 3. The van der Waals surface area contributed by atoms with E-state index in [9.17, 15) is 27.5 Å². The number of imidazole rings is 1. The molecule has 0 saturated carbocycles. The zero-order valence-corrected chi connectivity index (χ0v) is 17.5. The molecule has 0 fully saturated rings. The van der Waals surface area contributed by atoms with Crippen LogP contribution >= 0.6 is 0 Å². The SMILES string of the molecule is [2H]C([2H])([2H])c1nc(-c2ccc(NC(=O)[C@H](O)c3cccc(F)c3)cc2C)c2c(N)ncc(C(F)(F)F)n12. The van der Waals surface area contributed by atoms with E-state index in [-0.39, 0.29) is 33.8 Å². The van der Waals surface area contributed by atoms with Gasteiger partial charge in [0.1, 0.15) is 34.4 Å². The van der Waals surface area contributed by atoms with Gasteiger partial charge in [-0.25, -0.2) is 14.4 Å². The summed E-state index contributed by atoms with van der Waals surface area (Å²) in [5.41, 5.74) is 4.93. The molecule has 2 aromatic carbocycles. The van der Waals surface area contributed by atoms with Gasteiger partial charge in [0.25, 0.3) is 5.91 Å². The highest BCUT2D eigenvalue weighted by atomic mass is 19.4. The van der Waals surface area contributed by atoms with Gasteiger partial charge < -0.3 is 16.2 Å². The summed E-state index contributed by atoms with van der Waals surface area (Å²) in [5, 5.41) is 12.7. The second kappa shape index (κ2) is 8.41. The molecule has 1 atom stereocenters. The van der Waals surface area contributed by atoms with Gasteiger partial charge >= 0.3 is 6.18 Å². The molecule has 4 rings (SSSR count). The predicted molar refractivity (Wildman–Crippen MR) is 117 cm³/mol. The fraction of sp³-hybridized carbons (Fsp3) is 0.174. The number of fused-ring (bicyclic) bond motifs is 1. The lowest BCUT2D eigenvalue weighted by Crippen LogP contribution is -2.21. The van der Waals surface area contributed by atoms with Crippen LogP contribution < -0.4 is 11.1 Å². The maximum Gasteiger partial charge on any atom is 0.433 e. The zero-order chi connectivity index (χ0) is 27.3. The molecule has 176 valence electrons. The number of rotatable bonds is 4. The number of hydrogen-bond donors (Lipinski definition) is 3. The van der Waals surface area contributed by atoms with Crippen molar-refractivity contribution < 1.29 is 31.6 Å². The Morgan fingerprint density at radius 2 is 2.03 bits per heavy atom. The summed E-state index contributed by atoms with van der Waals surface area (Å²) >= 11 is 0. The van der Waals surface area contributed by atoms with Gasteiger partial charge in [-0.2, -0.15) is 13.2 Å². The Kier molecular flexibility index (Phi) is 4.82. The van der Waals surface area contributed by atoms with Gasteiger partial charge in [0.05, 0.1) is 6.20 Å². The number of aliphatic hydroxyl groups is 1. The van der Waals surface area contributed by atoms with Crippen molar-refractivity contribution in [2.75, 3.05) is 11.1 Å². The Labute approximate surface area is 195 Å². The van der Waals surface area contributed by atoms with Gasteiger partial charge in [0, 0.05) is 15.4 Å². The largest absolute Gasteiger partial charge is 0.433 e. The highest BCUT2D eigenvalue weighted by molar-refractivity contribution is 5.95. The molecular formula is C23H19F4N5O2. The first-order chi connectivity index (χ1) is 17.2. The molecule has 11 heteroatoms. The summed E-state index contributed by atoms with van der Waals surface area (Å²) in [6.07, 6.45) is -6.16. The normalized spacial score (nSPS) is 14.4. The first-order valence-corrected chi connectivity index (χ1v) is 9.78. The van der Waals surface area contributed by atoms with Gasteiger partial charge in [0.2, 0.25) is 0 Å². The summed E-state index contributed by atoms with van der Waals surface area (Å²) in [7, 11) is 0. The molecule has 4 N–H and O–H groups in total. The van der Waals surface area contributed by atoms with Crippen molar-refractivity contribution in [1.29, 1.82) is 0 Å². The average molecular weight is 476 g/mol. The van der Waals surface area contributed by atoms with Gasteiger partial charge in [0.15, 0.2) is 6.10 Å². The quantitative estimate of drug-likeness (QED) is 0.378. The van der Waals surface area contributed by atoms with E-state index in [1.54, 1.807) is 6.92 Å². The van der Waals surface area contributed by atoms with Crippen LogP contribution in [-0.2, 0) is 11.0 Å². The third-order valence-electron chi connectivity index (χ3n) is 5.14. The third kappa shape index (κ3) is 4.17. The van der Waals surface area contributed by atoms with Crippen LogP contribution in [0.3, 0.4) is 0 Å². The molecule has 2 aromatic heterocycles. The minimum Gasteiger partial charge on any atom is -0.382 e. The van der Waals surface area contributed by atoms with Crippen LogP contribution in [0.15, 0.2) is 48.7 Å². The van der Waals surface area contributed by atoms with Crippen LogP contribution in [-0.4, -0.2) is 25.4 Å². The lowest BCUT2D eigenvalue weighted by molar-refractivity contribution is -0.142. The van der Waals surface area contributed by atoms with Gasteiger partial charge in [-0.15, -0.1) is 0 Å². The number of carbonyl (C=O) groups is 1. The van der Waals surface area contributed by atoms with E-state index in [4.69, 9.17) is 9.85 Å². The fourth-order valence-electron chi connectivity index (χ4n) is 3.57. The molecule has 0 unspecified atom stereocenters. The number of benzene rings is 2. The lowest BCUT2D eigenvalue weighted by atomic mass is 10.0. The molecule has 0 aliphatic carbocycles. The van der Waals surface area contributed by atoms with Crippen LogP contribution in [0.5, 0.6) is 0 Å². The molecule has 1 amide bonds. The number of aliphatic hydroxyl groups excluding tert-OH is 1. The Bertz CT molecular complexity index is 1520. The number of hydrogen-bond acceptors (Lipinski definition) is 5. The molecule has 4 aromatic rings. The Balaban J connectivity index is 1.77. The number of nitrogens with one attached hydrogen (secondary N) is 1. The highest BCUT2D eigenvalue weighted by Gasteiger charge is 2.36. The second-order valence-corrected chi connectivity index (χ2v) is 7.47. The van der Waals surface area contributed by atoms with Crippen molar-refractivity contribution in [2.45, 2.75) is 26.1 Å². The minimum absolute atomic E-state index is 0.0379. The molecule has 7 nitrogen and oxygen atoms in total. The first kappa shape index (κ1) is 19.5. The van der Waals surface area contributed by atoms with Crippen LogP contribution in [0.25, 0.3) is 16.8 Å². The first-order valence-electron chi connectivity index (χ1n) is 11.3. The van der Waals surface area contributed by atoms with Crippen LogP contribution in [0.1, 0.15) is 32.9 Å². The van der Waals surface area contributed by atoms with Gasteiger partial charge in [-0.05, 0) is 49.2 Å². The van der Waals surface area contributed by atoms with E-state index in [1.165, 1.54) is 30.3 Å². The second-order valence-electron chi connectivity index (χ2n) is 7.47. The van der Waals surface area contributed by atoms with E-state index < -0.39 is 42.4 Å². The number of anilines is 2. The number of nitrogen functional groups attached to an aromatic ring is 1. The Morgan fingerprint density at radius 1 is 1.26 bits per heavy atom. The van der Waals surface area contributed by atoms with Crippen molar-refractivity contribution in [2.24, 2.45) is 0 Å². The topological polar surface area (TPSA) is 106 Å². The molecule has 0 aliphatic rings. The lowest BCUT2D eigenvalue weighted by Gasteiger charge is -2.14. The maximum absolute atomic E-state index is 13.7. The minimum atomic E-state index is -4.94. The highest BCUT2D eigenvalue weighted by Crippen LogP contribution is 2.36. The molecule has 34 heavy (non-hydrogen) atoms. The number of aryl methyl sites for hydroxylation is 2. The van der Waals surface area contributed by atoms with E-state index >= 15 is 0 Å². The monoisotopic (exact) mass is 476 g/mol. The van der Waals surface area contributed by atoms with Gasteiger partial charge in [-0.1, -0.05) is 18.2 Å². The van der Waals surface area contributed by atoms with Crippen LogP contribution in [0.4, 0.5) is 29.1 Å². The summed E-state index contributed by atoms with van der Waals surface area (Å²) in [5.74, 6) is -2.68. The maximum atomic E-state index is 13.7. The fourth-order valence-corrected chi connectivity index (χ4v) is 3.57. The summed E-state index contributed by atoms with van der Waals surface area (Å²) in [4.78, 5) is 20.1. The standard InChI is InChI=1S/C23H19F4N5O2/c1-11-8-15(31-22(34)20(33)13-4-3-5-14(24)9-13)6-7-16(11)18-19-21(28)29-10-17(23(25,26)27)32(19)12(2)30-18/h3-10,20,33H,1-2H3,(H2,28,29)(H,31,34)/t20-/m1/s1/i2D3. The number of nitrogens with zero attached hydrogens (tertiary/aromatic N) is 3. The van der Waals surface area contributed by atoms with Crippen molar-refractivity contribution in [3.05, 3.63) is 77.1 Å². The van der Waals surface area contributed by atoms with E-state index in [2.05, 4.69) is 15.3 Å². The predicted octanol–water partition coefficient (Wildman–Crippen LogP) is 4.43. The smallest absolute Gasteiger partial charge is 0.382 e. The number of nitrogens with two attached hydrogens (primary N) is 1. The van der Waals surface area contributed by atoms with Crippen LogP contribution in [0.2, 0.25) is 0 Å². The number of carbonyl (C=O) groups excluding carboxylic acids is 1. The summed E-state index contributed by atoms with van der Waals surface area (Å²) in [6.45, 7) is -1.45.